The van der Waals surface area contributed by atoms with Crippen LogP contribution in [0.1, 0.15) is 63.3 Å². The minimum atomic E-state index is -0.0775. The van der Waals surface area contributed by atoms with Crippen LogP contribution in [0, 0.1) is 5.92 Å². The first kappa shape index (κ1) is 16.2. The molecule has 1 saturated carbocycles. The first-order chi connectivity index (χ1) is 12.3. The molecule has 2 aromatic rings. The van der Waals surface area contributed by atoms with Crippen molar-refractivity contribution >= 4 is 5.91 Å². The van der Waals surface area contributed by atoms with Gasteiger partial charge in [-0.1, -0.05) is 19.3 Å². The highest BCUT2D eigenvalue weighted by atomic mass is 16.4. The van der Waals surface area contributed by atoms with Gasteiger partial charge in [0.15, 0.2) is 0 Å². The van der Waals surface area contributed by atoms with Crippen LogP contribution in [0.15, 0.2) is 28.9 Å². The van der Waals surface area contributed by atoms with Gasteiger partial charge >= 0.3 is 0 Å². The zero-order valence-corrected chi connectivity index (χ0v) is 14.4. The van der Waals surface area contributed by atoms with Crippen LogP contribution in [-0.4, -0.2) is 32.5 Å². The lowest BCUT2D eigenvalue weighted by Crippen LogP contribution is -2.42. The Morgan fingerprint density at radius 1 is 1.00 bits per heavy atom. The fraction of sp³-hybridized carbons (Fsp3) is 0.579. The Balaban J connectivity index is 1.55. The number of amides is 1. The Morgan fingerprint density at radius 3 is 2.56 bits per heavy atom. The minimum Gasteiger partial charge on any atom is -0.418 e. The molecule has 132 valence electrons. The van der Waals surface area contributed by atoms with Crippen LogP contribution < -0.4 is 0 Å². The summed E-state index contributed by atoms with van der Waals surface area (Å²) in [6, 6.07) is 3.62. The molecule has 6 nitrogen and oxygen atoms in total. The molecule has 0 radical (unpaired) electrons. The third-order valence-electron chi connectivity index (χ3n) is 5.39. The molecule has 0 spiro atoms. The van der Waals surface area contributed by atoms with Gasteiger partial charge in [-0.3, -0.25) is 9.78 Å². The normalized spacial score (nSPS) is 22.1. The molecule has 1 amide bonds. The summed E-state index contributed by atoms with van der Waals surface area (Å²) in [6.45, 7) is 0.799. The van der Waals surface area contributed by atoms with Crippen molar-refractivity contribution in [3.63, 3.8) is 0 Å². The van der Waals surface area contributed by atoms with Crippen LogP contribution >= 0.6 is 0 Å². The second-order valence-corrected chi connectivity index (χ2v) is 7.06. The van der Waals surface area contributed by atoms with Crippen LogP contribution in [0.5, 0.6) is 0 Å². The Hall–Kier alpha value is -2.24. The van der Waals surface area contributed by atoms with Crippen molar-refractivity contribution in [3.05, 3.63) is 30.4 Å². The molecule has 4 rings (SSSR count). The first-order valence-electron chi connectivity index (χ1n) is 9.37. The number of piperidine rings is 1. The lowest BCUT2D eigenvalue weighted by molar-refractivity contribution is -0.141. The molecule has 3 heterocycles. The van der Waals surface area contributed by atoms with Crippen LogP contribution in [0.25, 0.3) is 11.5 Å². The van der Waals surface area contributed by atoms with Crippen LogP contribution in [0.2, 0.25) is 0 Å². The molecular weight excluding hydrogens is 316 g/mol. The average molecular weight is 340 g/mol. The highest BCUT2D eigenvalue weighted by Crippen LogP contribution is 2.35. The number of pyridine rings is 1. The van der Waals surface area contributed by atoms with E-state index in [9.17, 15) is 4.79 Å². The molecule has 1 atom stereocenters. The molecule has 2 aromatic heterocycles. The summed E-state index contributed by atoms with van der Waals surface area (Å²) in [5.41, 5.74) is 0.856. The smallest absolute Gasteiger partial charge is 0.247 e. The van der Waals surface area contributed by atoms with Crippen LogP contribution in [0.3, 0.4) is 0 Å². The maximum atomic E-state index is 13.0. The number of hydrogen-bond donors (Lipinski definition) is 0. The van der Waals surface area contributed by atoms with Gasteiger partial charge in [0.05, 0.1) is 0 Å². The SMILES string of the molecule is O=C(C1CCCCC1)N1CCCC[C@@H]1c1nnc(-c2ccncc2)o1. The van der Waals surface area contributed by atoms with E-state index in [2.05, 4.69) is 15.2 Å². The molecule has 0 aromatic carbocycles. The lowest BCUT2D eigenvalue weighted by Gasteiger charge is -2.36. The van der Waals surface area contributed by atoms with E-state index in [1.165, 1.54) is 19.3 Å². The highest BCUT2D eigenvalue weighted by molar-refractivity contribution is 5.79. The first-order valence-corrected chi connectivity index (χ1v) is 9.37. The van der Waals surface area contributed by atoms with E-state index in [1.54, 1.807) is 12.4 Å². The van der Waals surface area contributed by atoms with Crippen LogP contribution in [0.4, 0.5) is 0 Å². The molecule has 1 aliphatic heterocycles. The van der Waals surface area contributed by atoms with Crippen molar-refractivity contribution < 1.29 is 9.21 Å². The van der Waals surface area contributed by atoms with Crippen molar-refractivity contribution in [2.24, 2.45) is 5.92 Å². The predicted molar refractivity (Wildman–Crippen MR) is 92.4 cm³/mol. The number of likely N-dealkylation sites (tertiary alicyclic amines) is 1. The van der Waals surface area contributed by atoms with Crippen molar-refractivity contribution in [1.29, 1.82) is 0 Å². The molecular formula is C19H24N4O2. The summed E-state index contributed by atoms with van der Waals surface area (Å²) >= 11 is 0. The molecule has 1 saturated heterocycles. The van der Waals surface area contributed by atoms with Crippen LogP contribution in [-0.2, 0) is 4.79 Å². The van der Waals surface area contributed by atoms with Gasteiger partial charge in [-0.25, -0.2) is 0 Å². The quantitative estimate of drug-likeness (QED) is 0.850. The number of carbonyl (C=O) groups is 1. The van der Waals surface area contributed by atoms with E-state index in [4.69, 9.17) is 4.42 Å². The van der Waals surface area contributed by atoms with Gasteiger partial charge in [0.2, 0.25) is 17.7 Å². The third-order valence-corrected chi connectivity index (χ3v) is 5.39. The van der Waals surface area contributed by atoms with Crippen molar-refractivity contribution in [3.8, 4) is 11.5 Å². The van der Waals surface area contributed by atoms with Crippen molar-refractivity contribution in [2.45, 2.75) is 57.4 Å². The number of rotatable bonds is 3. The molecule has 0 unspecified atom stereocenters. The van der Waals surface area contributed by atoms with Gasteiger partial charge in [-0.2, -0.15) is 0 Å². The fourth-order valence-corrected chi connectivity index (χ4v) is 4.02. The number of carbonyl (C=O) groups excluding carboxylic acids is 1. The van der Waals surface area contributed by atoms with Gasteiger partial charge in [-0.15, -0.1) is 10.2 Å². The average Bonchev–Trinajstić information content (AvgIpc) is 3.19. The van der Waals surface area contributed by atoms with Gasteiger partial charge in [0.25, 0.3) is 0 Å². The molecule has 6 heteroatoms. The standard InChI is InChI=1S/C19H24N4O2/c24-19(15-6-2-1-3-7-15)23-13-5-4-8-16(23)18-22-21-17(25-18)14-9-11-20-12-10-14/h9-12,15-16H,1-8,13H2/t16-/m1/s1. The van der Waals surface area contributed by atoms with E-state index in [0.717, 1.165) is 44.2 Å². The molecule has 1 aliphatic carbocycles. The van der Waals surface area contributed by atoms with Crippen molar-refractivity contribution in [2.75, 3.05) is 6.54 Å². The Labute approximate surface area is 147 Å². The molecule has 2 fully saturated rings. The van der Waals surface area contributed by atoms with Gasteiger partial charge in [-0.05, 0) is 44.2 Å². The molecule has 0 bridgehead atoms. The zero-order chi connectivity index (χ0) is 17.1. The van der Waals surface area contributed by atoms with E-state index in [0.29, 0.717) is 11.8 Å². The zero-order valence-electron chi connectivity index (χ0n) is 14.4. The van der Waals surface area contributed by atoms with Gasteiger partial charge in [0.1, 0.15) is 6.04 Å². The maximum Gasteiger partial charge on any atom is 0.247 e. The molecule has 2 aliphatic rings. The number of nitrogens with zero attached hydrogens (tertiary/aromatic N) is 4. The molecule has 25 heavy (non-hydrogen) atoms. The summed E-state index contributed by atoms with van der Waals surface area (Å²) in [5.74, 6) is 1.52. The topological polar surface area (TPSA) is 72.1 Å². The van der Waals surface area contributed by atoms with Gasteiger partial charge < -0.3 is 9.32 Å². The largest absolute Gasteiger partial charge is 0.418 e. The summed E-state index contributed by atoms with van der Waals surface area (Å²) in [4.78, 5) is 19.1. The van der Waals surface area contributed by atoms with Crippen molar-refractivity contribution in [1.82, 2.24) is 20.1 Å². The Kier molecular flexibility index (Phi) is 4.76. The van der Waals surface area contributed by atoms with E-state index in [-0.39, 0.29) is 17.9 Å². The summed E-state index contributed by atoms with van der Waals surface area (Å²) < 4.78 is 5.93. The number of aromatic nitrogens is 3. The molecule has 0 N–H and O–H groups in total. The highest BCUT2D eigenvalue weighted by Gasteiger charge is 2.35. The summed E-state index contributed by atoms with van der Waals surface area (Å²) in [5, 5.41) is 8.45. The Morgan fingerprint density at radius 2 is 1.76 bits per heavy atom. The second-order valence-electron chi connectivity index (χ2n) is 7.06. The maximum absolute atomic E-state index is 13.0. The Bertz CT molecular complexity index is 709. The predicted octanol–water partition coefficient (Wildman–Crippen LogP) is 3.77. The lowest BCUT2D eigenvalue weighted by atomic mass is 9.87. The minimum absolute atomic E-state index is 0.0775. The summed E-state index contributed by atoms with van der Waals surface area (Å²) in [6.07, 6.45) is 12.1. The second kappa shape index (κ2) is 7.33. The third kappa shape index (κ3) is 3.43. The van der Waals surface area contributed by atoms with E-state index >= 15 is 0 Å². The summed E-state index contributed by atoms with van der Waals surface area (Å²) in [7, 11) is 0. The van der Waals surface area contributed by atoms with E-state index in [1.807, 2.05) is 17.0 Å². The monoisotopic (exact) mass is 340 g/mol. The fourth-order valence-electron chi connectivity index (χ4n) is 4.02. The van der Waals surface area contributed by atoms with E-state index < -0.39 is 0 Å². The van der Waals surface area contributed by atoms with Gasteiger partial charge in [0, 0.05) is 30.4 Å². The number of hydrogen-bond acceptors (Lipinski definition) is 5.